The van der Waals surface area contributed by atoms with Crippen LogP contribution in [0.25, 0.3) is 10.9 Å². The molecule has 35 heavy (non-hydrogen) atoms. The molecule has 8 nitrogen and oxygen atoms in total. The zero-order valence-electron chi connectivity index (χ0n) is 19.6. The molecule has 0 bridgehead atoms. The first-order valence-electron chi connectivity index (χ1n) is 11.6. The zero-order chi connectivity index (χ0) is 24.0. The van der Waals surface area contributed by atoms with E-state index in [0.29, 0.717) is 11.8 Å². The lowest BCUT2D eigenvalue weighted by molar-refractivity contribution is 0.479. The largest absolute Gasteiger partial charge is 0.457 e. The SMILES string of the molecule is Cc1cc(Nc2ncnc3ccc(/C=N/N=C(N)N4CCCC4)cc23)ccc1Oc1ccccc1. The Bertz CT molecular complexity index is 1380. The number of fused-ring (bicyclic) bond motifs is 1. The summed E-state index contributed by atoms with van der Waals surface area (Å²) in [6.45, 7) is 3.89. The molecule has 2 heterocycles. The number of ether oxygens (including phenoxy) is 1. The van der Waals surface area contributed by atoms with Crippen LogP contribution in [0.15, 0.2) is 83.3 Å². The van der Waals surface area contributed by atoms with Crippen LogP contribution in [0.4, 0.5) is 11.5 Å². The van der Waals surface area contributed by atoms with Gasteiger partial charge in [0.25, 0.3) is 0 Å². The molecule has 3 aromatic carbocycles. The van der Waals surface area contributed by atoms with Gasteiger partial charge < -0.3 is 20.7 Å². The van der Waals surface area contributed by atoms with Gasteiger partial charge in [-0.05, 0) is 73.4 Å². The van der Waals surface area contributed by atoms with Gasteiger partial charge in [-0.15, -0.1) is 5.10 Å². The minimum Gasteiger partial charge on any atom is -0.457 e. The van der Waals surface area contributed by atoms with Crippen molar-refractivity contribution in [2.45, 2.75) is 19.8 Å². The number of guanidine groups is 1. The van der Waals surface area contributed by atoms with Crippen molar-refractivity contribution in [3.05, 3.63) is 84.2 Å². The summed E-state index contributed by atoms with van der Waals surface area (Å²) in [4.78, 5) is 10.9. The highest BCUT2D eigenvalue weighted by Crippen LogP contribution is 2.29. The predicted molar refractivity (Wildman–Crippen MR) is 141 cm³/mol. The average Bonchev–Trinajstić information content (AvgIpc) is 3.42. The molecule has 1 aromatic heterocycles. The van der Waals surface area contributed by atoms with Crippen LogP contribution in [0, 0.1) is 6.92 Å². The van der Waals surface area contributed by atoms with Crippen molar-refractivity contribution in [1.82, 2.24) is 14.9 Å². The smallest absolute Gasteiger partial charge is 0.216 e. The van der Waals surface area contributed by atoms with E-state index in [4.69, 9.17) is 10.5 Å². The molecule has 0 spiro atoms. The highest BCUT2D eigenvalue weighted by Gasteiger charge is 2.13. The highest BCUT2D eigenvalue weighted by molar-refractivity contribution is 5.95. The van der Waals surface area contributed by atoms with Crippen LogP contribution in [0.2, 0.25) is 0 Å². The summed E-state index contributed by atoms with van der Waals surface area (Å²) in [7, 11) is 0. The van der Waals surface area contributed by atoms with E-state index < -0.39 is 0 Å². The topological polar surface area (TPSA) is 101 Å². The Labute approximate surface area is 204 Å². The van der Waals surface area contributed by atoms with Gasteiger partial charge >= 0.3 is 0 Å². The summed E-state index contributed by atoms with van der Waals surface area (Å²) in [5.41, 5.74) is 9.67. The van der Waals surface area contributed by atoms with E-state index in [9.17, 15) is 0 Å². The van der Waals surface area contributed by atoms with Gasteiger partial charge in [0.15, 0.2) is 0 Å². The second kappa shape index (κ2) is 10.2. The second-order valence-corrected chi connectivity index (χ2v) is 8.42. The number of hydrogen-bond acceptors (Lipinski definition) is 6. The van der Waals surface area contributed by atoms with Crippen LogP contribution in [0.3, 0.4) is 0 Å². The van der Waals surface area contributed by atoms with Crippen molar-refractivity contribution >= 4 is 34.6 Å². The third kappa shape index (κ3) is 5.38. The maximum atomic E-state index is 6.03. The Balaban J connectivity index is 1.35. The molecule has 176 valence electrons. The van der Waals surface area contributed by atoms with E-state index in [0.717, 1.165) is 65.1 Å². The van der Waals surface area contributed by atoms with Crippen molar-refractivity contribution in [1.29, 1.82) is 0 Å². The van der Waals surface area contributed by atoms with Gasteiger partial charge in [0, 0.05) is 24.2 Å². The number of rotatable bonds is 6. The lowest BCUT2D eigenvalue weighted by Gasteiger charge is -2.13. The van der Waals surface area contributed by atoms with Crippen LogP contribution < -0.4 is 15.8 Å². The van der Waals surface area contributed by atoms with Gasteiger partial charge in [0.2, 0.25) is 5.96 Å². The van der Waals surface area contributed by atoms with Crippen LogP contribution in [-0.2, 0) is 0 Å². The maximum Gasteiger partial charge on any atom is 0.216 e. The Hall–Kier alpha value is -4.46. The van der Waals surface area contributed by atoms with Gasteiger partial charge in [0.05, 0.1) is 11.7 Å². The van der Waals surface area contributed by atoms with Crippen molar-refractivity contribution in [2.75, 3.05) is 18.4 Å². The summed E-state index contributed by atoms with van der Waals surface area (Å²) in [6, 6.07) is 21.6. The quantitative estimate of drug-likeness (QED) is 0.230. The van der Waals surface area contributed by atoms with E-state index in [2.05, 4.69) is 25.5 Å². The van der Waals surface area contributed by atoms with Crippen LogP contribution >= 0.6 is 0 Å². The number of benzene rings is 3. The summed E-state index contributed by atoms with van der Waals surface area (Å²) >= 11 is 0. The molecule has 0 radical (unpaired) electrons. The molecule has 8 heteroatoms. The number of likely N-dealkylation sites (tertiary alicyclic amines) is 1. The number of nitrogens with one attached hydrogen (secondary N) is 1. The number of aryl methyl sites for hydroxylation is 1. The van der Waals surface area contributed by atoms with E-state index in [1.807, 2.05) is 78.6 Å². The fourth-order valence-corrected chi connectivity index (χ4v) is 4.01. The third-order valence-corrected chi connectivity index (χ3v) is 5.87. The Kier molecular flexibility index (Phi) is 6.52. The van der Waals surface area contributed by atoms with Gasteiger partial charge in [-0.25, -0.2) is 9.97 Å². The fourth-order valence-electron chi connectivity index (χ4n) is 4.01. The summed E-state index contributed by atoms with van der Waals surface area (Å²) in [5.74, 6) is 2.78. The Morgan fingerprint density at radius 2 is 1.86 bits per heavy atom. The number of nitrogens with zero attached hydrogens (tertiary/aromatic N) is 5. The molecule has 1 fully saturated rings. The van der Waals surface area contributed by atoms with Gasteiger partial charge in [-0.1, -0.05) is 24.3 Å². The van der Waals surface area contributed by atoms with E-state index in [-0.39, 0.29) is 0 Å². The van der Waals surface area contributed by atoms with Gasteiger partial charge in [0.1, 0.15) is 23.6 Å². The fraction of sp³-hybridized carbons (Fsp3) is 0.185. The molecule has 0 unspecified atom stereocenters. The molecule has 5 rings (SSSR count). The minimum atomic E-state index is 0.459. The molecule has 0 atom stereocenters. The normalized spacial score (nSPS) is 14.1. The maximum absolute atomic E-state index is 6.03. The predicted octanol–water partition coefficient (Wildman–Crippen LogP) is 5.22. The first-order valence-corrected chi connectivity index (χ1v) is 11.6. The number of aromatic nitrogens is 2. The molecule has 0 aliphatic carbocycles. The molecule has 1 aliphatic rings. The average molecular weight is 466 g/mol. The van der Waals surface area contributed by atoms with Crippen LogP contribution in [0.5, 0.6) is 11.5 Å². The van der Waals surface area contributed by atoms with E-state index in [1.165, 1.54) is 0 Å². The molecule has 0 amide bonds. The molecule has 1 saturated heterocycles. The van der Waals surface area contributed by atoms with E-state index >= 15 is 0 Å². The number of hydrogen-bond donors (Lipinski definition) is 2. The molecular weight excluding hydrogens is 438 g/mol. The first-order chi connectivity index (χ1) is 17.2. The number of nitrogens with two attached hydrogens (primary N) is 1. The second-order valence-electron chi connectivity index (χ2n) is 8.42. The van der Waals surface area contributed by atoms with Crippen LogP contribution in [-0.4, -0.2) is 40.1 Å². The molecular formula is C27H27N7O. The third-order valence-electron chi connectivity index (χ3n) is 5.87. The molecule has 1 aliphatic heterocycles. The summed E-state index contributed by atoms with van der Waals surface area (Å²) in [6.07, 6.45) is 5.53. The lowest BCUT2D eigenvalue weighted by atomic mass is 10.1. The number of para-hydroxylation sites is 1. The number of anilines is 2. The monoisotopic (exact) mass is 465 g/mol. The van der Waals surface area contributed by atoms with Gasteiger partial charge in [-0.3, -0.25) is 0 Å². The molecule has 3 N–H and O–H groups in total. The van der Waals surface area contributed by atoms with Crippen molar-refractivity contribution in [2.24, 2.45) is 15.9 Å². The molecule has 4 aromatic rings. The zero-order valence-corrected chi connectivity index (χ0v) is 19.6. The minimum absolute atomic E-state index is 0.459. The van der Waals surface area contributed by atoms with Crippen molar-refractivity contribution in [3.63, 3.8) is 0 Å². The standard InChI is InChI=1S/C27H27N7O/c1-19-15-21(10-12-25(19)35-22-7-3-2-4-8-22)32-26-23-16-20(9-11-24(23)29-18-30-26)17-31-33-27(28)34-13-5-6-14-34/h2-4,7-12,15-18H,5-6,13-14H2,1H3,(H2,28,33)(H,29,30,32)/b31-17+. The Morgan fingerprint density at radius 1 is 1.03 bits per heavy atom. The highest BCUT2D eigenvalue weighted by atomic mass is 16.5. The lowest BCUT2D eigenvalue weighted by Crippen LogP contribution is -2.34. The van der Waals surface area contributed by atoms with Crippen molar-refractivity contribution < 1.29 is 4.74 Å². The summed E-state index contributed by atoms with van der Waals surface area (Å²) in [5, 5.41) is 12.6. The van der Waals surface area contributed by atoms with Gasteiger partial charge in [-0.2, -0.15) is 5.10 Å². The summed E-state index contributed by atoms with van der Waals surface area (Å²) < 4.78 is 6.00. The Morgan fingerprint density at radius 3 is 2.66 bits per heavy atom. The van der Waals surface area contributed by atoms with E-state index in [1.54, 1.807) is 12.5 Å². The van der Waals surface area contributed by atoms with Crippen molar-refractivity contribution in [3.8, 4) is 11.5 Å². The van der Waals surface area contributed by atoms with Crippen LogP contribution in [0.1, 0.15) is 24.0 Å². The first kappa shape index (κ1) is 22.3. The molecule has 0 saturated carbocycles.